The molecule has 0 spiro atoms. The van der Waals surface area contributed by atoms with E-state index >= 15 is 0 Å². The van der Waals surface area contributed by atoms with Crippen LogP contribution in [0.25, 0.3) is 0 Å². The van der Waals surface area contributed by atoms with Gasteiger partial charge in [-0.25, -0.2) is 9.78 Å². The molecule has 3 rings (SSSR count). The molecule has 8 nitrogen and oxygen atoms in total. The smallest absolute Gasteiger partial charge is 0.326 e. The second-order valence-electron chi connectivity index (χ2n) is 5.16. The van der Waals surface area contributed by atoms with E-state index in [1.165, 1.54) is 24.9 Å². The van der Waals surface area contributed by atoms with Crippen LogP contribution >= 0.6 is 0 Å². The summed E-state index contributed by atoms with van der Waals surface area (Å²) in [5.74, 6) is -1.03. The van der Waals surface area contributed by atoms with Crippen LogP contribution in [0.1, 0.15) is 23.3 Å². The first-order valence-electron chi connectivity index (χ1n) is 7.12. The molecule has 1 amide bonds. The molecule has 0 aliphatic carbocycles. The highest BCUT2D eigenvalue weighted by molar-refractivity contribution is 5.94. The molecule has 1 fully saturated rings. The SMILES string of the molecule is O=C(N[C@@H](CC1=COC2CCOC2=C1)C(=O)O)c1cnccn1. The Balaban J connectivity index is 1.67. The van der Waals surface area contributed by atoms with E-state index in [1.807, 2.05) is 0 Å². The summed E-state index contributed by atoms with van der Waals surface area (Å²) in [6.45, 7) is 0.587. The first-order valence-corrected chi connectivity index (χ1v) is 7.12. The molecule has 23 heavy (non-hydrogen) atoms. The fourth-order valence-corrected chi connectivity index (χ4v) is 2.37. The van der Waals surface area contributed by atoms with Crippen molar-refractivity contribution in [2.24, 2.45) is 0 Å². The lowest BCUT2D eigenvalue weighted by Gasteiger charge is -2.20. The minimum absolute atomic E-state index is 0.0603. The Labute approximate surface area is 131 Å². The summed E-state index contributed by atoms with van der Waals surface area (Å²) in [5.41, 5.74) is 0.704. The van der Waals surface area contributed by atoms with Gasteiger partial charge in [0.15, 0.2) is 6.10 Å². The van der Waals surface area contributed by atoms with Crippen LogP contribution < -0.4 is 5.32 Å². The van der Waals surface area contributed by atoms with Gasteiger partial charge in [-0.15, -0.1) is 0 Å². The van der Waals surface area contributed by atoms with Crippen LogP contribution in [0, 0.1) is 0 Å². The second-order valence-corrected chi connectivity index (χ2v) is 5.16. The minimum atomic E-state index is -1.14. The zero-order valence-corrected chi connectivity index (χ0v) is 12.1. The Morgan fingerprint density at radius 1 is 1.43 bits per heavy atom. The number of hydrogen-bond acceptors (Lipinski definition) is 6. The lowest BCUT2D eigenvalue weighted by Crippen LogP contribution is -2.41. The monoisotopic (exact) mass is 317 g/mol. The molecule has 8 heteroatoms. The highest BCUT2D eigenvalue weighted by atomic mass is 16.5. The maximum Gasteiger partial charge on any atom is 0.326 e. The average molecular weight is 317 g/mol. The van der Waals surface area contributed by atoms with Gasteiger partial charge in [0, 0.05) is 25.2 Å². The van der Waals surface area contributed by atoms with Crippen molar-refractivity contribution in [2.45, 2.75) is 25.0 Å². The highest BCUT2D eigenvalue weighted by Gasteiger charge is 2.29. The van der Waals surface area contributed by atoms with E-state index < -0.39 is 17.9 Å². The number of aliphatic carboxylic acids is 1. The van der Waals surface area contributed by atoms with Gasteiger partial charge in [-0.05, 0) is 11.6 Å². The van der Waals surface area contributed by atoms with Gasteiger partial charge in [-0.3, -0.25) is 9.78 Å². The standard InChI is InChI=1S/C15H15N3O5/c19-14(11-7-16-2-3-17-11)18-10(15(20)21)5-9-6-13-12(23-8-9)1-4-22-13/h2-3,6-8,10,12H,1,4-5H2,(H,18,19)(H,20,21)/t10-,12?/m0/s1. The Kier molecular flexibility index (Phi) is 4.22. The number of allylic oxidation sites excluding steroid dienone is 1. The van der Waals surface area contributed by atoms with Gasteiger partial charge in [-0.1, -0.05) is 0 Å². The number of carboxylic acids is 1. The fraction of sp³-hybridized carbons (Fsp3) is 0.333. The van der Waals surface area contributed by atoms with Crippen molar-refractivity contribution in [3.63, 3.8) is 0 Å². The van der Waals surface area contributed by atoms with E-state index in [4.69, 9.17) is 9.47 Å². The van der Waals surface area contributed by atoms with Crippen molar-refractivity contribution >= 4 is 11.9 Å². The van der Waals surface area contributed by atoms with Crippen molar-refractivity contribution in [3.8, 4) is 0 Å². The number of amides is 1. The van der Waals surface area contributed by atoms with Gasteiger partial charge < -0.3 is 19.9 Å². The topological polar surface area (TPSA) is 111 Å². The summed E-state index contributed by atoms with van der Waals surface area (Å²) >= 11 is 0. The van der Waals surface area contributed by atoms with Gasteiger partial charge >= 0.3 is 5.97 Å². The maximum absolute atomic E-state index is 12.0. The molecule has 1 saturated heterocycles. The first kappa shape index (κ1) is 15.0. The van der Waals surface area contributed by atoms with Crippen LogP contribution in [0.2, 0.25) is 0 Å². The lowest BCUT2D eigenvalue weighted by molar-refractivity contribution is -0.139. The Bertz CT molecular complexity index is 671. The van der Waals surface area contributed by atoms with Gasteiger partial charge in [0.2, 0.25) is 0 Å². The van der Waals surface area contributed by atoms with E-state index in [2.05, 4.69) is 15.3 Å². The average Bonchev–Trinajstić information content (AvgIpc) is 3.02. The van der Waals surface area contributed by atoms with Gasteiger partial charge in [0.05, 0.1) is 19.1 Å². The van der Waals surface area contributed by atoms with E-state index in [1.54, 1.807) is 6.08 Å². The van der Waals surface area contributed by atoms with Crippen LogP contribution in [-0.4, -0.2) is 45.7 Å². The van der Waals surface area contributed by atoms with E-state index in [0.717, 1.165) is 6.42 Å². The van der Waals surface area contributed by atoms with Gasteiger partial charge in [0.1, 0.15) is 17.5 Å². The molecule has 2 N–H and O–H groups in total. The van der Waals surface area contributed by atoms with E-state index in [-0.39, 0.29) is 18.2 Å². The van der Waals surface area contributed by atoms with Crippen molar-refractivity contribution in [1.29, 1.82) is 0 Å². The molecule has 120 valence electrons. The molecule has 0 radical (unpaired) electrons. The molecule has 0 bridgehead atoms. The number of carbonyl (C=O) groups excluding carboxylic acids is 1. The third-order valence-corrected chi connectivity index (χ3v) is 3.52. The molecule has 1 unspecified atom stereocenters. The molecule has 2 aliphatic heterocycles. The Morgan fingerprint density at radius 3 is 3.04 bits per heavy atom. The third kappa shape index (κ3) is 3.47. The quantitative estimate of drug-likeness (QED) is 0.819. The molecule has 0 aromatic carbocycles. The molecular weight excluding hydrogens is 302 g/mol. The third-order valence-electron chi connectivity index (χ3n) is 3.52. The fourth-order valence-electron chi connectivity index (χ4n) is 2.37. The summed E-state index contributed by atoms with van der Waals surface area (Å²) in [5, 5.41) is 11.7. The summed E-state index contributed by atoms with van der Waals surface area (Å²) in [4.78, 5) is 31.0. The largest absolute Gasteiger partial charge is 0.494 e. The van der Waals surface area contributed by atoms with Crippen molar-refractivity contribution < 1.29 is 24.2 Å². The first-order chi connectivity index (χ1) is 11.1. The number of nitrogens with zero attached hydrogens (tertiary/aromatic N) is 2. The van der Waals surface area contributed by atoms with Crippen LogP contribution in [-0.2, 0) is 14.3 Å². The summed E-state index contributed by atoms with van der Waals surface area (Å²) < 4.78 is 10.9. The molecule has 2 aliphatic rings. The number of carbonyl (C=O) groups is 2. The van der Waals surface area contributed by atoms with Crippen molar-refractivity contribution in [2.75, 3.05) is 6.61 Å². The van der Waals surface area contributed by atoms with Crippen LogP contribution in [0.3, 0.4) is 0 Å². The molecule has 1 aromatic rings. The normalized spacial score (nSPS) is 20.3. The van der Waals surface area contributed by atoms with Gasteiger partial charge in [0.25, 0.3) is 5.91 Å². The zero-order valence-electron chi connectivity index (χ0n) is 12.1. The van der Waals surface area contributed by atoms with Crippen LogP contribution in [0.4, 0.5) is 0 Å². The Hall–Kier alpha value is -2.90. The van der Waals surface area contributed by atoms with Crippen LogP contribution in [0.5, 0.6) is 0 Å². The molecule has 2 atom stereocenters. The number of rotatable bonds is 5. The number of nitrogens with one attached hydrogen (secondary N) is 1. The number of hydrogen-bond donors (Lipinski definition) is 2. The maximum atomic E-state index is 12.0. The predicted octanol–water partition coefficient (Wildman–Crippen LogP) is 0.637. The molecule has 1 aromatic heterocycles. The summed E-state index contributed by atoms with van der Waals surface area (Å²) in [6, 6.07) is -1.10. The molecular formula is C15H15N3O5. The van der Waals surface area contributed by atoms with Crippen LogP contribution in [0.15, 0.2) is 42.3 Å². The summed E-state index contributed by atoms with van der Waals surface area (Å²) in [7, 11) is 0. The second kappa shape index (κ2) is 6.47. The highest BCUT2D eigenvalue weighted by Crippen LogP contribution is 2.28. The molecule has 3 heterocycles. The molecule has 0 saturated carbocycles. The number of ether oxygens (including phenoxy) is 2. The summed E-state index contributed by atoms with van der Waals surface area (Å²) in [6.07, 6.45) is 8.14. The van der Waals surface area contributed by atoms with Crippen molar-refractivity contribution in [1.82, 2.24) is 15.3 Å². The minimum Gasteiger partial charge on any atom is -0.494 e. The number of carboxylic acid groups (broad SMARTS) is 1. The Morgan fingerprint density at radius 2 is 2.30 bits per heavy atom. The lowest BCUT2D eigenvalue weighted by atomic mass is 10.0. The van der Waals surface area contributed by atoms with E-state index in [9.17, 15) is 14.7 Å². The van der Waals surface area contributed by atoms with E-state index in [0.29, 0.717) is 17.9 Å². The number of aromatic nitrogens is 2. The van der Waals surface area contributed by atoms with Crippen molar-refractivity contribution in [3.05, 3.63) is 48.0 Å². The number of fused-ring (bicyclic) bond motifs is 1. The van der Waals surface area contributed by atoms with Gasteiger partial charge in [-0.2, -0.15) is 0 Å². The zero-order chi connectivity index (χ0) is 16.2. The predicted molar refractivity (Wildman–Crippen MR) is 77.1 cm³/mol.